The summed E-state index contributed by atoms with van der Waals surface area (Å²) in [5.41, 5.74) is 2.85. The van der Waals surface area contributed by atoms with Crippen LogP contribution in [0.15, 0.2) is 48.5 Å². The van der Waals surface area contributed by atoms with Gasteiger partial charge in [-0.2, -0.15) is 0 Å². The molecular weight excluding hydrogens is 348 g/mol. The summed E-state index contributed by atoms with van der Waals surface area (Å²) in [4.78, 5) is 16.7. The molecule has 1 saturated heterocycles. The number of fused-ring (bicyclic) bond motifs is 2. The molecule has 2 aliphatic rings. The van der Waals surface area contributed by atoms with Crippen molar-refractivity contribution in [3.8, 4) is 5.75 Å². The maximum absolute atomic E-state index is 12.4. The van der Waals surface area contributed by atoms with E-state index in [-0.39, 0.29) is 24.4 Å². The Morgan fingerprint density at radius 2 is 1.69 bits per heavy atom. The first-order valence-electron chi connectivity index (χ1n) is 9.12. The molecule has 138 valence electrons. The van der Waals surface area contributed by atoms with Crippen LogP contribution in [0.1, 0.15) is 37.9 Å². The average molecular weight is 373 g/mol. The highest BCUT2D eigenvalue weighted by Crippen LogP contribution is 2.44. The second-order valence-electron chi connectivity index (χ2n) is 6.82. The number of amides is 1. The molecular formula is C21H25ClN2O2. The van der Waals surface area contributed by atoms with Crippen molar-refractivity contribution >= 4 is 29.7 Å². The van der Waals surface area contributed by atoms with Gasteiger partial charge in [0.05, 0.1) is 11.4 Å². The first-order chi connectivity index (χ1) is 12.2. The minimum absolute atomic E-state index is 0. The zero-order chi connectivity index (χ0) is 17.2. The number of anilines is 2. The number of halogens is 1. The monoisotopic (exact) mass is 372 g/mol. The van der Waals surface area contributed by atoms with Gasteiger partial charge < -0.3 is 9.64 Å². The molecule has 2 aliphatic heterocycles. The fourth-order valence-electron chi connectivity index (χ4n) is 3.91. The number of rotatable bonds is 3. The van der Waals surface area contributed by atoms with E-state index in [0.29, 0.717) is 0 Å². The molecule has 0 radical (unpaired) electrons. The van der Waals surface area contributed by atoms with Gasteiger partial charge in [0, 0.05) is 25.5 Å². The smallest absolute Gasteiger partial charge is 0.228 e. The van der Waals surface area contributed by atoms with Crippen LogP contribution in [0.4, 0.5) is 11.4 Å². The number of carbonyl (C=O) groups is 1. The molecule has 4 rings (SSSR count). The van der Waals surface area contributed by atoms with Crippen LogP contribution < -0.4 is 9.64 Å². The van der Waals surface area contributed by atoms with Gasteiger partial charge in [0.25, 0.3) is 0 Å². The number of hydrogen-bond acceptors (Lipinski definition) is 3. The van der Waals surface area contributed by atoms with Crippen molar-refractivity contribution in [2.24, 2.45) is 0 Å². The zero-order valence-electron chi connectivity index (χ0n) is 15.1. The molecule has 1 atom stereocenters. The number of hydrogen-bond donors (Lipinski definition) is 0. The van der Waals surface area contributed by atoms with Gasteiger partial charge in [-0.3, -0.25) is 9.69 Å². The number of para-hydroxylation sites is 3. The zero-order valence-corrected chi connectivity index (χ0v) is 15.9. The van der Waals surface area contributed by atoms with Gasteiger partial charge in [0.2, 0.25) is 5.91 Å². The van der Waals surface area contributed by atoms with Gasteiger partial charge in [0.15, 0.2) is 0 Å². The fourth-order valence-corrected chi connectivity index (χ4v) is 3.91. The molecule has 0 saturated carbocycles. The summed E-state index contributed by atoms with van der Waals surface area (Å²) in [5.74, 6) is 0.781. The lowest BCUT2D eigenvalue weighted by Crippen LogP contribution is -2.24. The predicted molar refractivity (Wildman–Crippen MR) is 107 cm³/mol. The standard InChI is InChI=1S/C21H24N2O2.ClH/c1-16(24)23-18-9-3-2-8-17(18)20(12-15-22-13-6-7-14-22)25-21-11-5-4-10-19(21)23;/h2-5,8-11,20H,6-7,12-15H2,1H3;1H. The van der Waals surface area contributed by atoms with E-state index in [1.807, 2.05) is 42.5 Å². The summed E-state index contributed by atoms with van der Waals surface area (Å²) in [6, 6.07) is 15.9. The lowest BCUT2D eigenvalue weighted by atomic mass is 10.0. The molecule has 1 fully saturated rings. The molecule has 2 heterocycles. The van der Waals surface area contributed by atoms with Crippen molar-refractivity contribution in [1.82, 2.24) is 4.90 Å². The Balaban J connectivity index is 0.00000196. The first-order valence-corrected chi connectivity index (χ1v) is 9.12. The molecule has 4 nitrogen and oxygen atoms in total. The summed E-state index contributed by atoms with van der Waals surface area (Å²) in [7, 11) is 0. The summed E-state index contributed by atoms with van der Waals surface area (Å²) in [6.07, 6.45) is 3.48. The Hall–Kier alpha value is -2.04. The molecule has 1 unspecified atom stereocenters. The number of likely N-dealkylation sites (tertiary alicyclic amines) is 1. The van der Waals surface area contributed by atoms with E-state index in [9.17, 15) is 4.79 Å². The molecule has 0 aromatic heterocycles. The van der Waals surface area contributed by atoms with E-state index in [1.165, 1.54) is 25.9 Å². The van der Waals surface area contributed by atoms with E-state index in [0.717, 1.165) is 35.7 Å². The molecule has 0 spiro atoms. The van der Waals surface area contributed by atoms with Gasteiger partial charge >= 0.3 is 0 Å². The summed E-state index contributed by atoms with van der Waals surface area (Å²) in [6.45, 7) is 5.01. The number of carbonyl (C=O) groups excluding carboxylic acids is 1. The third-order valence-corrected chi connectivity index (χ3v) is 5.12. The second-order valence-corrected chi connectivity index (χ2v) is 6.82. The molecule has 0 bridgehead atoms. The minimum atomic E-state index is -0.0395. The number of ether oxygens (including phenoxy) is 1. The van der Waals surface area contributed by atoms with Gasteiger partial charge in [-0.05, 0) is 44.1 Å². The Bertz CT molecular complexity index is 774. The maximum atomic E-state index is 12.4. The van der Waals surface area contributed by atoms with Crippen LogP contribution in [-0.2, 0) is 4.79 Å². The van der Waals surface area contributed by atoms with E-state index >= 15 is 0 Å². The van der Waals surface area contributed by atoms with Crippen LogP contribution in [0.5, 0.6) is 5.75 Å². The van der Waals surface area contributed by atoms with Gasteiger partial charge in [-0.15, -0.1) is 12.4 Å². The summed E-state index contributed by atoms with van der Waals surface area (Å²) < 4.78 is 6.40. The van der Waals surface area contributed by atoms with Gasteiger partial charge in [-0.25, -0.2) is 0 Å². The molecule has 0 N–H and O–H groups in total. The van der Waals surface area contributed by atoms with Crippen molar-refractivity contribution in [3.63, 3.8) is 0 Å². The van der Waals surface area contributed by atoms with Crippen LogP contribution in [0.3, 0.4) is 0 Å². The van der Waals surface area contributed by atoms with E-state index in [4.69, 9.17) is 4.74 Å². The third-order valence-electron chi connectivity index (χ3n) is 5.12. The van der Waals surface area contributed by atoms with Crippen molar-refractivity contribution in [2.75, 3.05) is 24.5 Å². The van der Waals surface area contributed by atoms with Crippen LogP contribution >= 0.6 is 12.4 Å². The molecule has 26 heavy (non-hydrogen) atoms. The lowest BCUT2D eigenvalue weighted by Gasteiger charge is -2.23. The van der Waals surface area contributed by atoms with Crippen molar-refractivity contribution < 1.29 is 9.53 Å². The van der Waals surface area contributed by atoms with Crippen LogP contribution in [0.25, 0.3) is 0 Å². The maximum Gasteiger partial charge on any atom is 0.228 e. The summed E-state index contributed by atoms with van der Waals surface area (Å²) >= 11 is 0. The lowest BCUT2D eigenvalue weighted by molar-refractivity contribution is -0.115. The van der Waals surface area contributed by atoms with Crippen molar-refractivity contribution in [2.45, 2.75) is 32.3 Å². The first kappa shape index (κ1) is 18.7. The molecule has 0 aliphatic carbocycles. The number of benzene rings is 2. The molecule has 5 heteroatoms. The molecule has 1 amide bonds. The van der Waals surface area contributed by atoms with Crippen LogP contribution in [0.2, 0.25) is 0 Å². The Morgan fingerprint density at radius 1 is 1.04 bits per heavy atom. The molecule has 2 aromatic carbocycles. The average Bonchev–Trinajstić information content (AvgIpc) is 3.09. The Kier molecular flexibility index (Phi) is 5.84. The topological polar surface area (TPSA) is 32.8 Å². The van der Waals surface area contributed by atoms with Crippen molar-refractivity contribution in [1.29, 1.82) is 0 Å². The number of nitrogens with zero attached hydrogens (tertiary/aromatic N) is 2. The van der Waals surface area contributed by atoms with Crippen LogP contribution in [0, 0.1) is 0 Å². The normalized spacial score (nSPS) is 19.0. The Morgan fingerprint density at radius 3 is 2.42 bits per heavy atom. The third kappa shape index (κ3) is 3.57. The highest BCUT2D eigenvalue weighted by Gasteiger charge is 2.30. The summed E-state index contributed by atoms with van der Waals surface area (Å²) in [5, 5.41) is 0. The van der Waals surface area contributed by atoms with E-state index in [2.05, 4.69) is 11.0 Å². The van der Waals surface area contributed by atoms with Gasteiger partial charge in [0.1, 0.15) is 11.9 Å². The van der Waals surface area contributed by atoms with Crippen molar-refractivity contribution in [3.05, 3.63) is 54.1 Å². The van der Waals surface area contributed by atoms with Gasteiger partial charge in [-0.1, -0.05) is 30.3 Å². The highest BCUT2D eigenvalue weighted by molar-refractivity contribution is 6.01. The SMILES string of the molecule is CC(=O)N1c2ccccc2OC(CCN2CCCC2)c2ccccc21.Cl. The van der Waals surface area contributed by atoms with Crippen LogP contribution in [-0.4, -0.2) is 30.4 Å². The predicted octanol–water partition coefficient (Wildman–Crippen LogP) is 4.71. The van der Waals surface area contributed by atoms with E-state index in [1.54, 1.807) is 11.8 Å². The highest BCUT2D eigenvalue weighted by atomic mass is 35.5. The fraction of sp³-hybridized carbons (Fsp3) is 0.381. The molecule has 2 aromatic rings. The second kappa shape index (κ2) is 8.11. The largest absolute Gasteiger partial charge is 0.483 e. The van der Waals surface area contributed by atoms with E-state index < -0.39 is 0 Å². The quantitative estimate of drug-likeness (QED) is 0.782. The minimum Gasteiger partial charge on any atom is -0.483 e. The Labute approximate surface area is 161 Å².